The van der Waals surface area contributed by atoms with Gasteiger partial charge in [0.25, 0.3) is 0 Å². The molecule has 2 aromatic rings. The normalized spacial score (nSPS) is 17.2. The third-order valence-corrected chi connectivity index (χ3v) is 5.56. The van der Waals surface area contributed by atoms with Crippen LogP contribution in [0, 0.1) is 18.2 Å². The summed E-state index contributed by atoms with van der Waals surface area (Å²) in [5.41, 5.74) is 4.86. The molecule has 2 aromatic carbocycles. The summed E-state index contributed by atoms with van der Waals surface area (Å²) in [5.74, 6) is 3.43. The highest BCUT2D eigenvalue weighted by Crippen LogP contribution is 2.50. The predicted molar refractivity (Wildman–Crippen MR) is 105 cm³/mol. The lowest BCUT2D eigenvalue weighted by molar-refractivity contribution is 0.274. The molecule has 2 heteroatoms. The first-order chi connectivity index (χ1) is 12.2. The summed E-state index contributed by atoms with van der Waals surface area (Å²) in [6.07, 6.45) is 8.42. The van der Waals surface area contributed by atoms with E-state index in [9.17, 15) is 4.39 Å². The molecule has 1 aliphatic carbocycles. The molecule has 0 aliphatic heterocycles. The van der Waals surface area contributed by atoms with Gasteiger partial charge in [-0.2, -0.15) is 0 Å². The van der Waals surface area contributed by atoms with E-state index in [1.165, 1.54) is 23.3 Å². The van der Waals surface area contributed by atoms with Gasteiger partial charge in [0.05, 0.1) is 0 Å². The quantitative estimate of drug-likeness (QED) is 0.621. The van der Waals surface area contributed by atoms with Crippen molar-refractivity contribution in [3.05, 3.63) is 64.5 Å². The maximum absolute atomic E-state index is 13.1. The van der Waals surface area contributed by atoms with Gasteiger partial charge in [-0.25, -0.2) is 4.39 Å². The first-order valence-corrected chi connectivity index (χ1v) is 9.21. The van der Waals surface area contributed by atoms with Crippen LogP contribution in [-0.2, 0) is 23.9 Å². The molecule has 0 N–H and O–H groups in total. The highest BCUT2D eigenvalue weighted by atomic mass is 19.1. The molecule has 0 saturated carbocycles. The first-order valence-electron chi connectivity index (χ1n) is 9.21. The number of hydrogen-bond donors (Lipinski definition) is 0. The van der Waals surface area contributed by atoms with Crippen LogP contribution in [0.2, 0.25) is 0 Å². The minimum Gasteiger partial charge on any atom is -0.489 e. The second-order valence-electron chi connectivity index (χ2n) is 8.58. The van der Waals surface area contributed by atoms with Crippen LogP contribution in [0.4, 0.5) is 4.39 Å². The van der Waals surface area contributed by atoms with E-state index in [4.69, 9.17) is 11.2 Å². The lowest BCUT2D eigenvalue weighted by atomic mass is 9.62. The number of rotatable bonds is 4. The van der Waals surface area contributed by atoms with E-state index in [1.54, 1.807) is 12.1 Å². The van der Waals surface area contributed by atoms with Gasteiger partial charge < -0.3 is 4.74 Å². The molecule has 26 heavy (non-hydrogen) atoms. The number of benzene rings is 2. The van der Waals surface area contributed by atoms with Crippen molar-refractivity contribution in [2.45, 2.75) is 64.4 Å². The Kier molecular flexibility index (Phi) is 4.84. The second kappa shape index (κ2) is 6.80. The highest BCUT2D eigenvalue weighted by molar-refractivity contribution is 5.53. The van der Waals surface area contributed by atoms with Crippen molar-refractivity contribution >= 4 is 0 Å². The molecular formula is C24H27FO. The van der Waals surface area contributed by atoms with Gasteiger partial charge in [0.1, 0.15) is 18.2 Å². The second-order valence-corrected chi connectivity index (χ2v) is 8.58. The predicted octanol–water partition coefficient (Wildman–Crippen LogP) is 5.93. The van der Waals surface area contributed by atoms with Crippen LogP contribution < -0.4 is 4.74 Å². The zero-order valence-corrected chi connectivity index (χ0v) is 16.2. The molecule has 3 rings (SSSR count). The van der Waals surface area contributed by atoms with Gasteiger partial charge in [-0.3, -0.25) is 0 Å². The SMILES string of the molecule is C#CCc1cc(OCc2ccc(F)cc2)c2c(c1)C(C)(C)CCC2(C)C. The molecule has 0 unspecified atom stereocenters. The van der Waals surface area contributed by atoms with Crippen LogP contribution in [-0.4, -0.2) is 0 Å². The summed E-state index contributed by atoms with van der Waals surface area (Å²) in [6, 6.07) is 10.8. The zero-order valence-electron chi connectivity index (χ0n) is 16.2. The van der Waals surface area contributed by atoms with Crippen molar-refractivity contribution in [3.8, 4) is 18.1 Å². The Labute approximate surface area is 156 Å². The summed E-state index contributed by atoms with van der Waals surface area (Å²) < 4.78 is 19.4. The third-order valence-electron chi connectivity index (χ3n) is 5.56. The summed E-state index contributed by atoms with van der Waals surface area (Å²) in [5, 5.41) is 0. The number of terminal acetylenes is 1. The monoisotopic (exact) mass is 350 g/mol. The van der Waals surface area contributed by atoms with E-state index in [0.717, 1.165) is 29.7 Å². The zero-order chi connectivity index (χ0) is 18.9. The fourth-order valence-corrected chi connectivity index (χ4v) is 3.86. The molecule has 0 radical (unpaired) electrons. The molecule has 0 saturated heterocycles. The molecule has 0 heterocycles. The minimum absolute atomic E-state index is 0.0532. The topological polar surface area (TPSA) is 9.23 Å². The Hall–Kier alpha value is -2.27. The molecule has 136 valence electrons. The maximum Gasteiger partial charge on any atom is 0.124 e. The van der Waals surface area contributed by atoms with Crippen LogP contribution in [0.15, 0.2) is 36.4 Å². The Morgan fingerprint density at radius 1 is 1.00 bits per heavy atom. The van der Waals surface area contributed by atoms with E-state index in [0.29, 0.717) is 13.0 Å². The maximum atomic E-state index is 13.1. The average Bonchev–Trinajstić information content (AvgIpc) is 2.58. The number of hydrogen-bond acceptors (Lipinski definition) is 1. The fraction of sp³-hybridized carbons (Fsp3) is 0.417. The summed E-state index contributed by atoms with van der Waals surface area (Å²) in [4.78, 5) is 0. The molecule has 0 spiro atoms. The standard InChI is InChI=1S/C24H27FO/c1-6-7-18-14-20-22(24(4,5)13-12-23(20,2)3)21(15-18)26-16-17-8-10-19(25)11-9-17/h1,8-11,14-15H,7,12-13,16H2,2-5H3. The molecule has 0 aromatic heterocycles. The third kappa shape index (κ3) is 3.63. The molecule has 1 nitrogen and oxygen atoms in total. The molecule has 1 aliphatic rings. The number of halogens is 1. The molecule has 0 amide bonds. The van der Waals surface area contributed by atoms with Gasteiger partial charge in [-0.15, -0.1) is 12.3 Å². The number of fused-ring (bicyclic) bond motifs is 1. The van der Waals surface area contributed by atoms with Crippen LogP contribution in [0.25, 0.3) is 0 Å². The molecule has 0 fully saturated rings. The lowest BCUT2D eigenvalue weighted by Crippen LogP contribution is -2.34. The first kappa shape index (κ1) is 18.5. The van der Waals surface area contributed by atoms with E-state index in [-0.39, 0.29) is 16.6 Å². The van der Waals surface area contributed by atoms with Gasteiger partial charge in [-0.1, -0.05) is 45.9 Å². The van der Waals surface area contributed by atoms with E-state index in [1.807, 2.05) is 0 Å². The highest BCUT2D eigenvalue weighted by Gasteiger charge is 2.39. The van der Waals surface area contributed by atoms with Crippen molar-refractivity contribution in [1.29, 1.82) is 0 Å². The Balaban J connectivity index is 2.03. The van der Waals surface area contributed by atoms with E-state index in [2.05, 4.69) is 45.7 Å². The van der Waals surface area contributed by atoms with Gasteiger partial charge in [0, 0.05) is 12.0 Å². The fourth-order valence-electron chi connectivity index (χ4n) is 3.86. The Bertz CT molecular complexity index is 838. The van der Waals surface area contributed by atoms with Gasteiger partial charge in [0.15, 0.2) is 0 Å². The lowest BCUT2D eigenvalue weighted by Gasteiger charge is -2.43. The average molecular weight is 350 g/mol. The molecule has 0 atom stereocenters. The van der Waals surface area contributed by atoms with E-state index >= 15 is 0 Å². The van der Waals surface area contributed by atoms with Crippen molar-refractivity contribution in [3.63, 3.8) is 0 Å². The molecular weight excluding hydrogens is 323 g/mol. The van der Waals surface area contributed by atoms with Gasteiger partial charge in [0.2, 0.25) is 0 Å². The largest absolute Gasteiger partial charge is 0.489 e. The van der Waals surface area contributed by atoms with Crippen molar-refractivity contribution in [2.75, 3.05) is 0 Å². The van der Waals surface area contributed by atoms with Crippen LogP contribution >= 0.6 is 0 Å². The van der Waals surface area contributed by atoms with Crippen molar-refractivity contribution in [1.82, 2.24) is 0 Å². The molecule has 0 bridgehead atoms. The number of ether oxygens (including phenoxy) is 1. The van der Waals surface area contributed by atoms with Gasteiger partial charge in [-0.05, 0) is 58.6 Å². The van der Waals surface area contributed by atoms with E-state index < -0.39 is 0 Å². The van der Waals surface area contributed by atoms with Crippen molar-refractivity contribution in [2.24, 2.45) is 0 Å². The Morgan fingerprint density at radius 2 is 1.65 bits per heavy atom. The van der Waals surface area contributed by atoms with Gasteiger partial charge >= 0.3 is 0 Å². The van der Waals surface area contributed by atoms with Crippen molar-refractivity contribution < 1.29 is 9.13 Å². The minimum atomic E-state index is -0.231. The summed E-state index contributed by atoms with van der Waals surface area (Å²) in [6.45, 7) is 9.58. The van der Waals surface area contributed by atoms with Crippen LogP contribution in [0.1, 0.15) is 62.8 Å². The Morgan fingerprint density at radius 3 is 2.31 bits per heavy atom. The summed E-state index contributed by atoms with van der Waals surface area (Å²) in [7, 11) is 0. The van der Waals surface area contributed by atoms with Crippen LogP contribution in [0.5, 0.6) is 5.75 Å². The summed E-state index contributed by atoms with van der Waals surface area (Å²) >= 11 is 0. The van der Waals surface area contributed by atoms with Crippen LogP contribution in [0.3, 0.4) is 0 Å². The smallest absolute Gasteiger partial charge is 0.124 e.